The van der Waals surface area contributed by atoms with Crippen LogP contribution in [0.2, 0.25) is 0 Å². The Morgan fingerprint density at radius 3 is 2.48 bits per heavy atom. The normalized spacial score (nSPS) is 15.6. The Hall–Kier alpha value is -2.96. The fraction of sp³-hybridized carbons (Fsp3) is 0.250. The van der Waals surface area contributed by atoms with Crippen molar-refractivity contribution >= 4 is 29.8 Å². The minimum Gasteiger partial charge on any atom is -0.468 e. The second kappa shape index (κ2) is 6.87. The van der Waals surface area contributed by atoms with Crippen LogP contribution in [-0.4, -0.2) is 42.2 Å². The first-order valence-electron chi connectivity index (χ1n) is 6.85. The summed E-state index contributed by atoms with van der Waals surface area (Å²) in [6, 6.07) is 6.64. The van der Waals surface area contributed by atoms with Gasteiger partial charge in [0.15, 0.2) is 0 Å². The number of amides is 1. The Kier molecular flexibility index (Phi) is 4.90. The van der Waals surface area contributed by atoms with Crippen molar-refractivity contribution in [3.05, 3.63) is 35.5 Å². The van der Waals surface area contributed by atoms with E-state index in [2.05, 4.69) is 9.73 Å². The molecule has 1 aromatic carbocycles. The number of ether oxygens (including phenoxy) is 2. The van der Waals surface area contributed by atoms with Gasteiger partial charge in [0, 0.05) is 6.92 Å². The van der Waals surface area contributed by atoms with Gasteiger partial charge in [-0.05, 0) is 30.7 Å². The van der Waals surface area contributed by atoms with Crippen molar-refractivity contribution in [3.8, 4) is 5.75 Å². The molecule has 0 radical (unpaired) electrons. The summed E-state index contributed by atoms with van der Waals surface area (Å²) in [5.74, 6) is -0.426. The molecule has 0 bridgehead atoms. The summed E-state index contributed by atoms with van der Waals surface area (Å²) in [6.45, 7) is 2.79. The number of hydrogen-bond acceptors (Lipinski definition) is 6. The SMILES string of the molecule is COC(=O)CN1C(=O)/C(=C/c2ccc(OC(C)=O)cc2)N=C1C. The van der Waals surface area contributed by atoms with Gasteiger partial charge in [-0.1, -0.05) is 12.1 Å². The maximum atomic E-state index is 12.3. The molecule has 1 aromatic rings. The van der Waals surface area contributed by atoms with Gasteiger partial charge in [0.05, 0.1) is 7.11 Å². The molecule has 7 heteroatoms. The zero-order chi connectivity index (χ0) is 17.0. The van der Waals surface area contributed by atoms with E-state index in [9.17, 15) is 14.4 Å². The van der Waals surface area contributed by atoms with E-state index < -0.39 is 11.9 Å². The maximum absolute atomic E-state index is 12.3. The van der Waals surface area contributed by atoms with Crippen LogP contribution in [0.15, 0.2) is 35.0 Å². The van der Waals surface area contributed by atoms with Crippen molar-refractivity contribution in [2.24, 2.45) is 4.99 Å². The lowest BCUT2D eigenvalue weighted by atomic mass is 10.2. The zero-order valence-corrected chi connectivity index (χ0v) is 13.0. The van der Waals surface area contributed by atoms with Gasteiger partial charge in [-0.25, -0.2) is 4.99 Å². The van der Waals surface area contributed by atoms with E-state index in [0.29, 0.717) is 11.6 Å². The molecule has 0 unspecified atom stereocenters. The van der Waals surface area contributed by atoms with Crippen molar-refractivity contribution in [3.63, 3.8) is 0 Å². The van der Waals surface area contributed by atoms with E-state index >= 15 is 0 Å². The Bertz CT molecular complexity index is 704. The molecule has 0 fully saturated rings. The third-order valence-electron chi connectivity index (χ3n) is 3.10. The fourth-order valence-corrected chi connectivity index (χ4v) is 2.00. The third kappa shape index (κ3) is 4.03. The van der Waals surface area contributed by atoms with Gasteiger partial charge in [0.25, 0.3) is 5.91 Å². The highest BCUT2D eigenvalue weighted by atomic mass is 16.5. The average molecular weight is 316 g/mol. The zero-order valence-electron chi connectivity index (χ0n) is 13.0. The molecule has 0 atom stereocenters. The van der Waals surface area contributed by atoms with Gasteiger partial charge in [0.1, 0.15) is 23.8 Å². The maximum Gasteiger partial charge on any atom is 0.325 e. The lowest BCUT2D eigenvalue weighted by Gasteiger charge is -2.13. The van der Waals surface area contributed by atoms with Gasteiger partial charge in [-0.3, -0.25) is 19.3 Å². The molecular weight excluding hydrogens is 300 g/mol. The van der Waals surface area contributed by atoms with E-state index in [4.69, 9.17) is 4.74 Å². The van der Waals surface area contributed by atoms with Crippen molar-refractivity contribution in [2.75, 3.05) is 13.7 Å². The van der Waals surface area contributed by atoms with E-state index in [-0.39, 0.29) is 18.1 Å². The van der Waals surface area contributed by atoms with Crippen LogP contribution in [0.3, 0.4) is 0 Å². The first-order valence-corrected chi connectivity index (χ1v) is 6.85. The van der Waals surface area contributed by atoms with E-state index in [1.165, 1.54) is 18.9 Å². The summed E-state index contributed by atoms with van der Waals surface area (Å²) in [5, 5.41) is 0. The number of amidine groups is 1. The first-order chi connectivity index (χ1) is 10.9. The molecule has 7 nitrogen and oxygen atoms in total. The summed E-state index contributed by atoms with van der Waals surface area (Å²) in [7, 11) is 1.26. The molecule has 0 aromatic heterocycles. The number of benzene rings is 1. The second-order valence-corrected chi connectivity index (χ2v) is 4.82. The highest BCUT2D eigenvalue weighted by Crippen LogP contribution is 2.20. The van der Waals surface area contributed by atoms with Crippen LogP contribution >= 0.6 is 0 Å². The van der Waals surface area contributed by atoms with E-state index in [0.717, 1.165) is 5.56 Å². The molecule has 1 aliphatic rings. The largest absolute Gasteiger partial charge is 0.468 e. The van der Waals surface area contributed by atoms with Gasteiger partial charge >= 0.3 is 11.9 Å². The van der Waals surface area contributed by atoms with Gasteiger partial charge in [-0.2, -0.15) is 0 Å². The van der Waals surface area contributed by atoms with Crippen molar-refractivity contribution in [1.29, 1.82) is 0 Å². The summed E-state index contributed by atoms with van der Waals surface area (Å²) in [6.07, 6.45) is 1.60. The molecule has 1 amide bonds. The first kappa shape index (κ1) is 16.4. The fourth-order valence-electron chi connectivity index (χ4n) is 2.00. The van der Waals surface area contributed by atoms with Crippen molar-refractivity contribution in [1.82, 2.24) is 4.90 Å². The smallest absolute Gasteiger partial charge is 0.325 e. The molecule has 1 aliphatic heterocycles. The molecule has 0 spiro atoms. The summed E-state index contributed by atoms with van der Waals surface area (Å²) in [5.41, 5.74) is 0.951. The second-order valence-electron chi connectivity index (χ2n) is 4.82. The van der Waals surface area contributed by atoms with Crippen LogP contribution in [0.4, 0.5) is 0 Å². The number of esters is 2. The Morgan fingerprint density at radius 2 is 1.91 bits per heavy atom. The average Bonchev–Trinajstić information content (AvgIpc) is 2.76. The number of carbonyl (C=O) groups is 3. The Morgan fingerprint density at radius 1 is 1.26 bits per heavy atom. The van der Waals surface area contributed by atoms with Crippen LogP contribution in [0.1, 0.15) is 19.4 Å². The minimum atomic E-state index is -0.514. The molecule has 1 heterocycles. The van der Waals surface area contributed by atoms with Crippen molar-refractivity contribution < 1.29 is 23.9 Å². The molecule has 0 saturated carbocycles. The number of hydrogen-bond donors (Lipinski definition) is 0. The van der Waals surface area contributed by atoms with Crippen LogP contribution in [-0.2, 0) is 19.1 Å². The molecule has 0 aliphatic carbocycles. The predicted octanol–water partition coefficient (Wildman–Crippen LogP) is 1.39. The minimum absolute atomic E-state index is 0.173. The van der Waals surface area contributed by atoms with Crippen LogP contribution in [0, 0.1) is 0 Å². The molecule has 23 heavy (non-hydrogen) atoms. The molecule has 0 N–H and O–H groups in total. The third-order valence-corrected chi connectivity index (χ3v) is 3.10. The molecular formula is C16H16N2O5. The van der Waals surface area contributed by atoms with E-state index in [1.54, 1.807) is 37.3 Å². The number of nitrogens with zero attached hydrogens (tertiary/aromatic N) is 2. The highest BCUT2D eigenvalue weighted by molar-refractivity contribution is 6.14. The quantitative estimate of drug-likeness (QED) is 0.476. The standard InChI is InChI=1S/C16H16N2O5/c1-10-17-14(16(21)18(10)9-15(20)22-3)8-12-4-6-13(7-5-12)23-11(2)19/h4-8H,9H2,1-3H3/b14-8-. The molecule has 120 valence electrons. The lowest BCUT2D eigenvalue weighted by Crippen LogP contribution is -2.35. The van der Waals surface area contributed by atoms with Gasteiger partial charge in [0.2, 0.25) is 0 Å². The Labute approximate surface area is 133 Å². The monoisotopic (exact) mass is 316 g/mol. The summed E-state index contributed by atoms with van der Waals surface area (Å²) < 4.78 is 9.50. The number of methoxy groups -OCH3 is 1. The number of aliphatic imine (C=N–C) groups is 1. The molecule has 0 saturated heterocycles. The topological polar surface area (TPSA) is 85.3 Å². The van der Waals surface area contributed by atoms with Crippen LogP contribution < -0.4 is 4.74 Å². The Balaban J connectivity index is 2.15. The summed E-state index contributed by atoms with van der Waals surface area (Å²) >= 11 is 0. The summed E-state index contributed by atoms with van der Waals surface area (Å²) in [4.78, 5) is 39.9. The van der Waals surface area contributed by atoms with Crippen LogP contribution in [0.5, 0.6) is 5.75 Å². The van der Waals surface area contributed by atoms with Gasteiger partial charge in [-0.15, -0.1) is 0 Å². The van der Waals surface area contributed by atoms with Gasteiger partial charge < -0.3 is 9.47 Å². The highest BCUT2D eigenvalue weighted by Gasteiger charge is 2.29. The number of rotatable bonds is 4. The lowest BCUT2D eigenvalue weighted by molar-refractivity contribution is -0.143. The van der Waals surface area contributed by atoms with Crippen LogP contribution in [0.25, 0.3) is 6.08 Å². The van der Waals surface area contributed by atoms with E-state index in [1.807, 2.05) is 0 Å². The van der Waals surface area contributed by atoms with Crippen molar-refractivity contribution in [2.45, 2.75) is 13.8 Å². The predicted molar refractivity (Wildman–Crippen MR) is 82.6 cm³/mol. The molecule has 2 rings (SSSR count). The number of carbonyl (C=O) groups excluding carboxylic acids is 3.